The van der Waals surface area contributed by atoms with Crippen LogP contribution in [-0.2, 0) is 24.2 Å². The number of carbonyl (C=O) groups excluding carboxylic acids is 1. The summed E-state index contributed by atoms with van der Waals surface area (Å²) in [4.78, 5) is 12.0. The quantitative estimate of drug-likeness (QED) is 0.938. The van der Waals surface area contributed by atoms with Gasteiger partial charge in [0.15, 0.2) is 0 Å². The van der Waals surface area contributed by atoms with Crippen LogP contribution < -0.4 is 5.32 Å². The van der Waals surface area contributed by atoms with E-state index in [1.807, 2.05) is 10.7 Å². The van der Waals surface area contributed by atoms with Crippen LogP contribution in [-0.4, -0.2) is 21.7 Å². The van der Waals surface area contributed by atoms with Crippen LogP contribution in [0.1, 0.15) is 17.7 Å². The summed E-state index contributed by atoms with van der Waals surface area (Å²) in [5.74, 6) is -1.58. The summed E-state index contributed by atoms with van der Waals surface area (Å²) in [6.45, 7) is 0.762. The van der Waals surface area contributed by atoms with Gasteiger partial charge in [0.05, 0.1) is 6.42 Å². The van der Waals surface area contributed by atoms with Crippen molar-refractivity contribution in [3.05, 3.63) is 53.4 Å². The molecule has 2 heterocycles. The smallest absolute Gasteiger partial charge is 0.224 e. The van der Waals surface area contributed by atoms with Gasteiger partial charge in [-0.05, 0) is 24.1 Å². The highest BCUT2D eigenvalue weighted by Crippen LogP contribution is 2.15. The fraction of sp³-hybridized carbons (Fsp3) is 0.333. The van der Waals surface area contributed by atoms with E-state index in [1.165, 1.54) is 6.07 Å². The maximum absolute atomic E-state index is 13.5. The number of hydrogen-bond donors (Lipinski definition) is 1. The topological polar surface area (TPSA) is 46.9 Å². The van der Waals surface area contributed by atoms with Crippen LogP contribution in [0.25, 0.3) is 0 Å². The van der Waals surface area contributed by atoms with Crippen LogP contribution in [0.4, 0.5) is 8.78 Å². The number of rotatable bonds is 3. The SMILES string of the molecule is O=C(Cc1ccc(F)cc1F)N[C@H]1CCn2nccc2C1. The number of hydrogen-bond acceptors (Lipinski definition) is 2. The minimum absolute atomic E-state index is 0.0326. The van der Waals surface area contributed by atoms with Crippen molar-refractivity contribution in [3.8, 4) is 0 Å². The largest absolute Gasteiger partial charge is 0.353 e. The maximum Gasteiger partial charge on any atom is 0.224 e. The second kappa shape index (κ2) is 5.63. The molecular weight excluding hydrogens is 276 g/mol. The van der Waals surface area contributed by atoms with Gasteiger partial charge in [-0.25, -0.2) is 8.78 Å². The molecule has 0 aliphatic carbocycles. The number of carbonyl (C=O) groups is 1. The molecule has 1 atom stereocenters. The van der Waals surface area contributed by atoms with Crippen LogP contribution in [0, 0.1) is 11.6 Å². The normalized spacial score (nSPS) is 17.3. The molecule has 1 amide bonds. The molecule has 1 aromatic carbocycles. The number of benzene rings is 1. The molecule has 3 rings (SSSR count). The van der Waals surface area contributed by atoms with E-state index < -0.39 is 11.6 Å². The first-order valence-electron chi connectivity index (χ1n) is 6.86. The fourth-order valence-corrected chi connectivity index (χ4v) is 2.61. The molecule has 0 bridgehead atoms. The van der Waals surface area contributed by atoms with Gasteiger partial charge < -0.3 is 5.32 Å². The van der Waals surface area contributed by atoms with E-state index in [2.05, 4.69) is 10.4 Å². The minimum atomic E-state index is -0.688. The van der Waals surface area contributed by atoms with Crippen molar-refractivity contribution in [1.29, 1.82) is 0 Å². The summed E-state index contributed by atoms with van der Waals surface area (Å²) >= 11 is 0. The Bertz CT molecular complexity index is 669. The number of fused-ring (bicyclic) bond motifs is 1. The molecule has 2 aromatic rings. The second-order valence-corrected chi connectivity index (χ2v) is 5.22. The zero-order valence-corrected chi connectivity index (χ0v) is 11.4. The zero-order chi connectivity index (χ0) is 14.8. The van der Waals surface area contributed by atoms with Gasteiger partial charge in [0.25, 0.3) is 0 Å². The molecule has 4 nitrogen and oxygen atoms in total. The van der Waals surface area contributed by atoms with Crippen LogP contribution in [0.15, 0.2) is 30.5 Å². The van der Waals surface area contributed by atoms with Crippen molar-refractivity contribution in [2.45, 2.75) is 31.8 Å². The maximum atomic E-state index is 13.5. The molecule has 0 radical (unpaired) electrons. The van der Waals surface area contributed by atoms with Gasteiger partial charge in [-0.1, -0.05) is 6.07 Å². The Labute approximate surface area is 120 Å². The second-order valence-electron chi connectivity index (χ2n) is 5.22. The lowest BCUT2D eigenvalue weighted by Gasteiger charge is -2.24. The van der Waals surface area contributed by atoms with Crippen LogP contribution in [0.3, 0.4) is 0 Å². The molecule has 0 saturated carbocycles. The monoisotopic (exact) mass is 291 g/mol. The molecule has 110 valence electrons. The molecular formula is C15H15F2N3O. The number of nitrogens with one attached hydrogen (secondary N) is 1. The summed E-state index contributed by atoms with van der Waals surface area (Å²) in [5.41, 5.74) is 1.29. The van der Waals surface area contributed by atoms with Gasteiger partial charge in [0.1, 0.15) is 11.6 Å². The molecule has 1 aliphatic rings. The van der Waals surface area contributed by atoms with E-state index in [4.69, 9.17) is 0 Å². The van der Waals surface area contributed by atoms with Crippen molar-refractivity contribution in [2.24, 2.45) is 0 Å². The number of aromatic nitrogens is 2. The highest BCUT2D eigenvalue weighted by molar-refractivity contribution is 5.78. The van der Waals surface area contributed by atoms with Gasteiger partial charge in [0.2, 0.25) is 5.91 Å². The lowest BCUT2D eigenvalue weighted by molar-refractivity contribution is -0.121. The Balaban J connectivity index is 1.60. The number of nitrogens with zero attached hydrogens (tertiary/aromatic N) is 2. The Kier molecular flexibility index (Phi) is 3.68. The molecule has 0 unspecified atom stereocenters. The summed E-state index contributed by atoms with van der Waals surface area (Å²) in [6, 6.07) is 5.22. The van der Waals surface area contributed by atoms with E-state index in [0.717, 1.165) is 37.2 Å². The Hall–Kier alpha value is -2.24. The van der Waals surface area contributed by atoms with Crippen LogP contribution in [0.2, 0.25) is 0 Å². The highest BCUT2D eigenvalue weighted by atomic mass is 19.1. The fourth-order valence-electron chi connectivity index (χ4n) is 2.61. The standard InChI is InChI=1S/C15H15F2N3O/c16-11-2-1-10(14(17)8-11)7-15(21)19-12-4-6-20-13(9-12)3-5-18-20/h1-3,5,8,12H,4,6-7,9H2,(H,19,21)/t12-/m0/s1. The van der Waals surface area contributed by atoms with Crippen molar-refractivity contribution in [2.75, 3.05) is 0 Å². The molecule has 21 heavy (non-hydrogen) atoms. The van der Waals surface area contributed by atoms with Gasteiger partial charge in [-0.3, -0.25) is 9.48 Å². The lowest BCUT2D eigenvalue weighted by atomic mass is 10.0. The van der Waals surface area contributed by atoms with E-state index in [1.54, 1.807) is 6.20 Å². The predicted octanol–water partition coefficient (Wildman–Crippen LogP) is 1.83. The Morgan fingerprint density at radius 1 is 1.38 bits per heavy atom. The first-order chi connectivity index (χ1) is 10.1. The van der Waals surface area contributed by atoms with E-state index in [9.17, 15) is 13.6 Å². The molecule has 0 spiro atoms. The van der Waals surface area contributed by atoms with E-state index in [-0.39, 0.29) is 23.9 Å². The third-order valence-electron chi connectivity index (χ3n) is 3.68. The number of amides is 1. The van der Waals surface area contributed by atoms with Crippen molar-refractivity contribution < 1.29 is 13.6 Å². The van der Waals surface area contributed by atoms with Crippen molar-refractivity contribution in [3.63, 3.8) is 0 Å². The highest BCUT2D eigenvalue weighted by Gasteiger charge is 2.20. The van der Waals surface area contributed by atoms with Gasteiger partial charge in [-0.2, -0.15) is 5.10 Å². The molecule has 6 heteroatoms. The Morgan fingerprint density at radius 3 is 3.05 bits per heavy atom. The number of aryl methyl sites for hydroxylation is 1. The van der Waals surface area contributed by atoms with Crippen molar-refractivity contribution >= 4 is 5.91 Å². The number of halogens is 2. The average Bonchev–Trinajstić information content (AvgIpc) is 2.89. The first-order valence-corrected chi connectivity index (χ1v) is 6.86. The lowest BCUT2D eigenvalue weighted by Crippen LogP contribution is -2.41. The Morgan fingerprint density at radius 2 is 2.24 bits per heavy atom. The summed E-state index contributed by atoms with van der Waals surface area (Å²) in [6.07, 6.45) is 3.18. The predicted molar refractivity (Wildman–Crippen MR) is 72.5 cm³/mol. The van der Waals surface area contributed by atoms with Crippen molar-refractivity contribution in [1.82, 2.24) is 15.1 Å². The average molecular weight is 291 g/mol. The molecule has 1 aliphatic heterocycles. The van der Waals surface area contributed by atoms with Gasteiger partial charge >= 0.3 is 0 Å². The van der Waals surface area contributed by atoms with Gasteiger partial charge in [-0.15, -0.1) is 0 Å². The summed E-state index contributed by atoms with van der Waals surface area (Å²) in [7, 11) is 0. The third-order valence-corrected chi connectivity index (χ3v) is 3.68. The minimum Gasteiger partial charge on any atom is -0.353 e. The third kappa shape index (κ3) is 3.09. The molecule has 1 aromatic heterocycles. The molecule has 1 N–H and O–H groups in total. The van der Waals surface area contributed by atoms with Crippen LogP contribution >= 0.6 is 0 Å². The zero-order valence-electron chi connectivity index (χ0n) is 11.4. The van der Waals surface area contributed by atoms with E-state index in [0.29, 0.717) is 0 Å². The summed E-state index contributed by atoms with van der Waals surface area (Å²) in [5, 5.41) is 7.08. The van der Waals surface area contributed by atoms with E-state index >= 15 is 0 Å². The van der Waals surface area contributed by atoms with Crippen LogP contribution in [0.5, 0.6) is 0 Å². The van der Waals surface area contributed by atoms with Gasteiger partial charge in [0, 0.05) is 37.0 Å². The summed E-state index contributed by atoms with van der Waals surface area (Å²) < 4.78 is 28.3. The first kappa shape index (κ1) is 13.7. The molecule has 0 saturated heterocycles. The molecule has 0 fully saturated rings.